The summed E-state index contributed by atoms with van der Waals surface area (Å²) in [5.74, 6) is -2.10. The van der Waals surface area contributed by atoms with Gasteiger partial charge in [0.05, 0.1) is 0 Å². The van der Waals surface area contributed by atoms with Gasteiger partial charge in [0, 0.05) is 18.8 Å². The molecule has 1 fully saturated rings. The molecule has 0 aromatic heterocycles. The zero-order valence-corrected chi connectivity index (χ0v) is 18.4. The Hall–Kier alpha value is -3.68. The highest BCUT2D eigenvalue weighted by molar-refractivity contribution is 6.01. The number of benzene rings is 2. The SMILES string of the molecule is CCCCC(NC(=O)OCC1c2ccccc2-c2ccccc21)C(=O)ON1C(=O)CCC1=O. The van der Waals surface area contributed by atoms with Crippen LogP contribution in [0.5, 0.6) is 0 Å². The molecule has 2 aromatic rings. The molecule has 1 N–H and O–H groups in total. The minimum Gasteiger partial charge on any atom is -0.449 e. The summed E-state index contributed by atoms with van der Waals surface area (Å²) in [6.45, 7) is 2.06. The minimum atomic E-state index is -1.03. The molecule has 4 rings (SSSR count). The average Bonchev–Trinajstić information content (AvgIpc) is 3.32. The molecule has 3 amide bonds. The molecule has 0 radical (unpaired) electrons. The smallest absolute Gasteiger partial charge is 0.407 e. The Kier molecular flexibility index (Phi) is 6.72. The molecule has 1 heterocycles. The maximum absolute atomic E-state index is 12.6. The number of nitrogens with one attached hydrogen (secondary N) is 1. The highest BCUT2D eigenvalue weighted by Gasteiger charge is 2.35. The van der Waals surface area contributed by atoms with Crippen LogP contribution in [0.2, 0.25) is 0 Å². The Labute approximate surface area is 191 Å². The van der Waals surface area contributed by atoms with Gasteiger partial charge < -0.3 is 14.9 Å². The van der Waals surface area contributed by atoms with E-state index in [1.807, 2.05) is 55.5 Å². The van der Waals surface area contributed by atoms with Crippen LogP contribution in [0.1, 0.15) is 56.1 Å². The number of ether oxygens (including phenoxy) is 1. The van der Waals surface area contributed by atoms with E-state index in [1.165, 1.54) is 0 Å². The van der Waals surface area contributed by atoms with Crippen molar-refractivity contribution in [1.82, 2.24) is 10.4 Å². The first-order valence-corrected chi connectivity index (χ1v) is 11.2. The second-order valence-electron chi connectivity index (χ2n) is 8.16. The second-order valence-corrected chi connectivity index (χ2v) is 8.16. The zero-order chi connectivity index (χ0) is 23.4. The van der Waals surface area contributed by atoms with Gasteiger partial charge in [-0.15, -0.1) is 5.06 Å². The quantitative estimate of drug-likeness (QED) is 0.616. The number of carbonyl (C=O) groups is 4. The number of rotatable bonds is 8. The summed E-state index contributed by atoms with van der Waals surface area (Å²) >= 11 is 0. The van der Waals surface area contributed by atoms with Gasteiger partial charge in [0.25, 0.3) is 11.8 Å². The normalized spacial score (nSPS) is 15.7. The van der Waals surface area contributed by atoms with Gasteiger partial charge >= 0.3 is 12.1 Å². The molecule has 2 aromatic carbocycles. The van der Waals surface area contributed by atoms with E-state index in [-0.39, 0.29) is 25.4 Å². The molecule has 1 aliphatic carbocycles. The van der Waals surface area contributed by atoms with Crippen molar-refractivity contribution in [3.63, 3.8) is 0 Å². The van der Waals surface area contributed by atoms with Gasteiger partial charge in [-0.25, -0.2) is 9.59 Å². The van der Waals surface area contributed by atoms with Crippen molar-refractivity contribution in [2.75, 3.05) is 6.61 Å². The summed E-state index contributed by atoms with van der Waals surface area (Å²) in [5.41, 5.74) is 4.40. The average molecular weight is 450 g/mol. The summed E-state index contributed by atoms with van der Waals surface area (Å²) in [4.78, 5) is 53.6. The third-order valence-electron chi connectivity index (χ3n) is 5.95. The molecule has 33 heavy (non-hydrogen) atoms. The molecule has 0 bridgehead atoms. The Morgan fingerprint density at radius 3 is 2.15 bits per heavy atom. The van der Waals surface area contributed by atoms with Gasteiger partial charge in [-0.3, -0.25) is 9.59 Å². The van der Waals surface area contributed by atoms with Crippen LogP contribution in [0.15, 0.2) is 48.5 Å². The molecule has 8 heteroatoms. The van der Waals surface area contributed by atoms with Gasteiger partial charge in [0.1, 0.15) is 12.6 Å². The van der Waals surface area contributed by atoms with E-state index in [0.717, 1.165) is 28.7 Å². The van der Waals surface area contributed by atoms with Crippen LogP contribution in [0.4, 0.5) is 4.79 Å². The van der Waals surface area contributed by atoms with Crippen LogP contribution >= 0.6 is 0 Å². The molecule has 8 nitrogen and oxygen atoms in total. The van der Waals surface area contributed by atoms with Crippen LogP contribution in [0, 0.1) is 0 Å². The minimum absolute atomic E-state index is 0.00550. The Balaban J connectivity index is 1.40. The molecule has 172 valence electrons. The predicted molar refractivity (Wildman–Crippen MR) is 119 cm³/mol. The molecule has 1 saturated heterocycles. The van der Waals surface area contributed by atoms with Crippen molar-refractivity contribution in [3.05, 3.63) is 59.7 Å². The van der Waals surface area contributed by atoms with E-state index in [2.05, 4.69) is 5.32 Å². The number of unbranched alkanes of at least 4 members (excludes halogenated alkanes) is 1. The van der Waals surface area contributed by atoms with Crippen molar-refractivity contribution in [2.24, 2.45) is 0 Å². The largest absolute Gasteiger partial charge is 0.449 e. The lowest BCUT2D eigenvalue weighted by Crippen LogP contribution is -2.45. The first-order valence-electron chi connectivity index (χ1n) is 11.2. The van der Waals surface area contributed by atoms with Crippen LogP contribution < -0.4 is 5.32 Å². The monoisotopic (exact) mass is 450 g/mol. The van der Waals surface area contributed by atoms with Gasteiger partial charge in [0.15, 0.2) is 0 Å². The Morgan fingerprint density at radius 2 is 1.58 bits per heavy atom. The number of nitrogens with zero attached hydrogens (tertiary/aromatic N) is 1. The van der Waals surface area contributed by atoms with Crippen LogP contribution in [0.25, 0.3) is 11.1 Å². The van der Waals surface area contributed by atoms with E-state index in [1.54, 1.807) is 0 Å². The highest BCUT2D eigenvalue weighted by Crippen LogP contribution is 2.44. The number of hydrogen-bond acceptors (Lipinski definition) is 6. The number of carbonyl (C=O) groups excluding carboxylic acids is 4. The van der Waals surface area contributed by atoms with E-state index in [4.69, 9.17) is 9.57 Å². The van der Waals surface area contributed by atoms with Crippen LogP contribution in [-0.4, -0.2) is 41.6 Å². The summed E-state index contributed by atoms with van der Waals surface area (Å²) in [6, 6.07) is 15.0. The van der Waals surface area contributed by atoms with Gasteiger partial charge in [0.2, 0.25) is 0 Å². The summed E-state index contributed by atoms with van der Waals surface area (Å²) in [5, 5.41) is 3.03. The second kappa shape index (κ2) is 9.85. The van der Waals surface area contributed by atoms with Crippen molar-refractivity contribution in [2.45, 2.75) is 51.0 Å². The maximum Gasteiger partial charge on any atom is 0.407 e. The fraction of sp³-hybridized carbons (Fsp3) is 0.360. The van der Waals surface area contributed by atoms with E-state index in [9.17, 15) is 19.2 Å². The molecule has 1 aliphatic heterocycles. The van der Waals surface area contributed by atoms with E-state index < -0.39 is 29.9 Å². The predicted octanol–water partition coefficient (Wildman–Crippen LogP) is 3.69. The standard InChI is InChI=1S/C25H26N2O6/c1-2-3-12-21(24(30)33-27-22(28)13-14-23(27)29)26-25(31)32-15-20-18-10-6-4-8-16(18)17-9-5-7-11-19(17)20/h4-11,20-21H,2-3,12-15H2,1H3,(H,26,31). The first kappa shape index (κ1) is 22.5. The van der Waals surface area contributed by atoms with Gasteiger partial charge in [-0.05, 0) is 28.7 Å². The molecule has 2 aliphatic rings. The topological polar surface area (TPSA) is 102 Å². The van der Waals surface area contributed by atoms with E-state index >= 15 is 0 Å². The fourth-order valence-electron chi connectivity index (χ4n) is 4.25. The Bertz CT molecular complexity index is 1020. The van der Waals surface area contributed by atoms with Crippen LogP contribution in [0.3, 0.4) is 0 Å². The van der Waals surface area contributed by atoms with Crippen molar-refractivity contribution >= 4 is 23.9 Å². The van der Waals surface area contributed by atoms with E-state index in [0.29, 0.717) is 17.9 Å². The first-order chi connectivity index (χ1) is 16.0. The zero-order valence-electron chi connectivity index (χ0n) is 18.4. The molecule has 1 unspecified atom stereocenters. The lowest BCUT2D eigenvalue weighted by Gasteiger charge is -2.20. The molecule has 0 saturated carbocycles. The van der Waals surface area contributed by atoms with Crippen molar-refractivity contribution < 1.29 is 28.8 Å². The van der Waals surface area contributed by atoms with Crippen LogP contribution in [-0.2, 0) is 24.0 Å². The van der Waals surface area contributed by atoms with Gasteiger partial charge in [-0.1, -0.05) is 68.3 Å². The maximum atomic E-state index is 12.6. The lowest BCUT2D eigenvalue weighted by molar-refractivity contribution is -0.199. The Morgan fingerprint density at radius 1 is 1.00 bits per heavy atom. The molecular formula is C25H26N2O6. The molecule has 0 spiro atoms. The number of alkyl carbamates (subject to hydrolysis) is 1. The summed E-state index contributed by atoms with van der Waals surface area (Å²) in [7, 11) is 0. The number of imide groups is 1. The summed E-state index contributed by atoms with van der Waals surface area (Å²) < 4.78 is 5.51. The highest BCUT2D eigenvalue weighted by atomic mass is 16.7. The van der Waals surface area contributed by atoms with Crippen molar-refractivity contribution in [3.8, 4) is 11.1 Å². The summed E-state index contributed by atoms with van der Waals surface area (Å²) in [6.07, 6.45) is 0.990. The lowest BCUT2D eigenvalue weighted by atomic mass is 9.98. The number of fused-ring (bicyclic) bond motifs is 3. The number of amides is 3. The molecule has 1 atom stereocenters. The molecular weight excluding hydrogens is 424 g/mol. The third kappa shape index (κ3) is 4.74. The van der Waals surface area contributed by atoms with Crippen molar-refractivity contribution in [1.29, 1.82) is 0 Å². The third-order valence-corrected chi connectivity index (χ3v) is 5.95. The van der Waals surface area contributed by atoms with Gasteiger partial charge in [-0.2, -0.15) is 0 Å². The fourth-order valence-corrected chi connectivity index (χ4v) is 4.25. The number of hydrogen-bond donors (Lipinski definition) is 1. The number of hydroxylamine groups is 2.